The molecule has 1 aromatic carbocycles. The summed E-state index contributed by atoms with van der Waals surface area (Å²) in [6, 6.07) is 10.3. The first-order chi connectivity index (χ1) is 12.4. The van der Waals surface area contributed by atoms with E-state index in [9.17, 15) is 0 Å². The monoisotopic (exact) mass is 342 g/mol. The smallest absolute Gasteiger partial charge is 0.322 e. The van der Waals surface area contributed by atoms with Gasteiger partial charge in [-0.2, -0.15) is 15.0 Å². The van der Waals surface area contributed by atoms with Crippen LogP contribution in [-0.2, 0) is 9.47 Å². The van der Waals surface area contributed by atoms with Crippen LogP contribution in [0.3, 0.4) is 0 Å². The summed E-state index contributed by atoms with van der Waals surface area (Å²) >= 11 is 0. The fourth-order valence-electron chi connectivity index (χ4n) is 2.96. The first kappa shape index (κ1) is 16.2. The predicted molar refractivity (Wildman–Crippen MR) is 92.8 cm³/mol. The molecule has 0 N–H and O–H groups in total. The van der Waals surface area contributed by atoms with E-state index < -0.39 is 0 Å². The molecule has 7 nitrogen and oxygen atoms in total. The Kier molecular flexibility index (Phi) is 5.03. The van der Waals surface area contributed by atoms with Crippen molar-refractivity contribution >= 4 is 5.95 Å². The van der Waals surface area contributed by atoms with Gasteiger partial charge in [0.15, 0.2) is 5.82 Å². The highest BCUT2D eigenvalue weighted by molar-refractivity contribution is 5.56. The molecule has 0 unspecified atom stereocenters. The van der Waals surface area contributed by atoms with Gasteiger partial charge in [0.05, 0.1) is 26.4 Å². The number of ether oxygens (including phenoxy) is 3. The number of rotatable bonds is 4. The molecule has 0 spiro atoms. The molecule has 2 aromatic rings. The molecule has 0 saturated carbocycles. The Morgan fingerprint density at radius 1 is 0.880 bits per heavy atom. The molecule has 0 radical (unpaired) electrons. The van der Waals surface area contributed by atoms with E-state index in [0.29, 0.717) is 31.0 Å². The highest BCUT2D eigenvalue weighted by atomic mass is 16.5. The summed E-state index contributed by atoms with van der Waals surface area (Å²) in [5.74, 6) is 1.29. The van der Waals surface area contributed by atoms with Crippen molar-refractivity contribution in [1.29, 1.82) is 0 Å². The second-order valence-corrected chi connectivity index (χ2v) is 6.14. The van der Waals surface area contributed by atoms with Crippen LogP contribution in [0, 0.1) is 0 Å². The van der Waals surface area contributed by atoms with E-state index in [-0.39, 0.29) is 6.10 Å². The Labute approximate surface area is 147 Å². The first-order valence-corrected chi connectivity index (χ1v) is 8.77. The van der Waals surface area contributed by atoms with Gasteiger partial charge in [-0.25, -0.2) is 0 Å². The SMILES string of the molecule is c1ccc(-c2nc(OC3CCOCC3)nc(N3CCOCC3)n2)cc1. The molecule has 25 heavy (non-hydrogen) atoms. The van der Waals surface area contributed by atoms with Crippen molar-refractivity contribution in [3.05, 3.63) is 30.3 Å². The maximum absolute atomic E-state index is 6.05. The zero-order valence-electron chi connectivity index (χ0n) is 14.1. The number of hydrogen-bond donors (Lipinski definition) is 0. The average Bonchev–Trinajstić information content (AvgIpc) is 2.70. The third kappa shape index (κ3) is 4.05. The van der Waals surface area contributed by atoms with Gasteiger partial charge in [-0.1, -0.05) is 30.3 Å². The lowest BCUT2D eigenvalue weighted by atomic mass is 10.2. The van der Waals surface area contributed by atoms with Crippen LogP contribution in [0.25, 0.3) is 11.4 Å². The topological polar surface area (TPSA) is 69.6 Å². The minimum absolute atomic E-state index is 0.0947. The second-order valence-electron chi connectivity index (χ2n) is 6.14. The highest BCUT2D eigenvalue weighted by Crippen LogP contribution is 2.23. The van der Waals surface area contributed by atoms with Crippen LogP contribution >= 0.6 is 0 Å². The van der Waals surface area contributed by atoms with E-state index in [2.05, 4.69) is 19.9 Å². The highest BCUT2D eigenvalue weighted by Gasteiger charge is 2.21. The molecule has 0 atom stereocenters. The van der Waals surface area contributed by atoms with Crippen molar-refractivity contribution in [1.82, 2.24) is 15.0 Å². The van der Waals surface area contributed by atoms with E-state index in [1.807, 2.05) is 30.3 Å². The van der Waals surface area contributed by atoms with Gasteiger partial charge in [-0.3, -0.25) is 0 Å². The number of morpholine rings is 1. The van der Waals surface area contributed by atoms with E-state index in [0.717, 1.165) is 44.7 Å². The number of nitrogens with zero attached hydrogens (tertiary/aromatic N) is 4. The van der Waals surface area contributed by atoms with Gasteiger partial charge in [0.25, 0.3) is 0 Å². The van der Waals surface area contributed by atoms with Gasteiger partial charge in [0, 0.05) is 31.5 Å². The Morgan fingerprint density at radius 2 is 1.60 bits per heavy atom. The summed E-state index contributed by atoms with van der Waals surface area (Å²) in [4.78, 5) is 15.9. The van der Waals surface area contributed by atoms with Crippen LogP contribution < -0.4 is 9.64 Å². The number of aromatic nitrogens is 3. The quantitative estimate of drug-likeness (QED) is 0.841. The van der Waals surface area contributed by atoms with Crippen LogP contribution in [0.4, 0.5) is 5.95 Å². The van der Waals surface area contributed by atoms with Crippen molar-refractivity contribution < 1.29 is 14.2 Å². The summed E-state index contributed by atoms with van der Waals surface area (Å²) in [7, 11) is 0. The van der Waals surface area contributed by atoms with Crippen molar-refractivity contribution in [2.75, 3.05) is 44.4 Å². The lowest BCUT2D eigenvalue weighted by Gasteiger charge is -2.27. The Balaban J connectivity index is 1.64. The number of benzene rings is 1. The molecular weight excluding hydrogens is 320 g/mol. The van der Waals surface area contributed by atoms with E-state index in [1.165, 1.54) is 0 Å². The van der Waals surface area contributed by atoms with E-state index >= 15 is 0 Å². The normalized spacial score (nSPS) is 19.0. The van der Waals surface area contributed by atoms with Crippen LogP contribution in [0.5, 0.6) is 6.01 Å². The molecule has 0 amide bonds. The van der Waals surface area contributed by atoms with Crippen LogP contribution in [0.1, 0.15) is 12.8 Å². The molecule has 2 saturated heterocycles. The summed E-state index contributed by atoms with van der Waals surface area (Å²) in [5.41, 5.74) is 0.955. The minimum atomic E-state index is 0.0947. The molecule has 3 heterocycles. The largest absolute Gasteiger partial charge is 0.460 e. The first-order valence-electron chi connectivity index (χ1n) is 8.77. The Hall–Kier alpha value is -2.25. The van der Waals surface area contributed by atoms with Crippen molar-refractivity contribution in [3.63, 3.8) is 0 Å². The van der Waals surface area contributed by atoms with Gasteiger partial charge in [0.1, 0.15) is 6.10 Å². The minimum Gasteiger partial charge on any atom is -0.460 e. The molecule has 2 aliphatic heterocycles. The summed E-state index contributed by atoms with van der Waals surface area (Å²) < 4.78 is 16.9. The van der Waals surface area contributed by atoms with E-state index in [1.54, 1.807) is 0 Å². The van der Waals surface area contributed by atoms with Gasteiger partial charge in [-0.15, -0.1) is 0 Å². The third-order valence-corrected chi connectivity index (χ3v) is 4.37. The zero-order chi connectivity index (χ0) is 16.9. The average molecular weight is 342 g/mol. The molecule has 1 aromatic heterocycles. The predicted octanol–water partition coefficient (Wildman–Crippen LogP) is 1.93. The van der Waals surface area contributed by atoms with Crippen LogP contribution in [0.15, 0.2) is 30.3 Å². The molecule has 0 aliphatic carbocycles. The fourth-order valence-corrected chi connectivity index (χ4v) is 2.96. The molecule has 7 heteroatoms. The molecule has 2 fully saturated rings. The molecule has 4 rings (SSSR count). The van der Waals surface area contributed by atoms with Gasteiger partial charge >= 0.3 is 6.01 Å². The summed E-state index contributed by atoms with van der Waals surface area (Å²) in [5, 5.41) is 0. The van der Waals surface area contributed by atoms with Crippen LogP contribution in [0.2, 0.25) is 0 Å². The molecule has 132 valence electrons. The van der Waals surface area contributed by atoms with Gasteiger partial charge < -0.3 is 19.1 Å². The number of anilines is 1. The Bertz CT molecular complexity index is 686. The second kappa shape index (κ2) is 7.76. The Morgan fingerprint density at radius 3 is 2.36 bits per heavy atom. The van der Waals surface area contributed by atoms with Crippen molar-refractivity contribution in [2.45, 2.75) is 18.9 Å². The summed E-state index contributed by atoms with van der Waals surface area (Å²) in [6.45, 7) is 4.35. The van der Waals surface area contributed by atoms with Crippen LogP contribution in [-0.4, -0.2) is 60.6 Å². The standard InChI is InChI=1S/C18H22N4O3/c1-2-4-14(5-3-1)16-19-17(22-8-12-24-13-9-22)21-18(20-16)25-15-6-10-23-11-7-15/h1-5,15H,6-13H2. The maximum atomic E-state index is 6.05. The number of hydrogen-bond acceptors (Lipinski definition) is 7. The fraction of sp³-hybridized carbons (Fsp3) is 0.500. The van der Waals surface area contributed by atoms with E-state index in [4.69, 9.17) is 14.2 Å². The zero-order valence-corrected chi connectivity index (χ0v) is 14.1. The van der Waals surface area contributed by atoms with Gasteiger partial charge in [0.2, 0.25) is 5.95 Å². The van der Waals surface area contributed by atoms with Gasteiger partial charge in [-0.05, 0) is 0 Å². The lowest BCUT2D eigenvalue weighted by molar-refractivity contribution is 0.0217. The maximum Gasteiger partial charge on any atom is 0.322 e. The molecular formula is C18H22N4O3. The lowest BCUT2D eigenvalue weighted by Crippen LogP contribution is -2.37. The third-order valence-electron chi connectivity index (χ3n) is 4.37. The van der Waals surface area contributed by atoms with Crippen molar-refractivity contribution in [2.24, 2.45) is 0 Å². The van der Waals surface area contributed by atoms with Crippen molar-refractivity contribution in [3.8, 4) is 17.4 Å². The molecule has 0 bridgehead atoms. The molecule has 2 aliphatic rings. The summed E-state index contributed by atoms with van der Waals surface area (Å²) in [6.07, 6.45) is 1.82.